The molecule has 2 atom stereocenters. The minimum atomic E-state index is -0.140. The van der Waals surface area contributed by atoms with Crippen molar-refractivity contribution < 1.29 is 9.59 Å². The summed E-state index contributed by atoms with van der Waals surface area (Å²) in [5.74, 6) is 0.0707. The van der Waals surface area contributed by atoms with Gasteiger partial charge in [0.2, 0.25) is 0 Å². The Balaban J connectivity index is 2.02. The minimum Gasteiger partial charge on any atom is -0.269 e. The van der Waals surface area contributed by atoms with Gasteiger partial charge >= 0.3 is 0 Å². The molecule has 1 aromatic rings. The standard InChI is InChI=1S/C25H35NO2/c1-4-7-10-18-15-19(11-8-5-2)21-17-20(12-9-6-3)25(22(21)16-18)26-23(27)13-14-24(26)28/h13-16,20,25H,4-12,17H2,1-3H3/t20-,25-/m0/s1. The molecular weight excluding hydrogens is 346 g/mol. The SMILES string of the molecule is CCCCc1cc(CCCC)c2c(c1)[C@@H](N1C(=O)C=CC1=O)[C@@H](CCCC)C2. The molecule has 3 heteroatoms. The number of hydrogen-bond acceptors (Lipinski definition) is 2. The fraction of sp³-hybridized carbons (Fsp3) is 0.600. The van der Waals surface area contributed by atoms with Crippen molar-refractivity contribution in [3.8, 4) is 0 Å². The van der Waals surface area contributed by atoms with Crippen molar-refractivity contribution in [1.29, 1.82) is 0 Å². The van der Waals surface area contributed by atoms with Crippen LogP contribution in [0.15, 0.2) is 24.3 Å². The summed E-state index contributed by atoms with van der Waals surface area (Å²) in [7, 11) is 0. The molecule has 1 aliphatic heterocycles. The first kappa shape index (κ1) is 20.8. The molecule has 0 aromatic heterocycles. The molecule has 3 nitrogen and oxygen atoms in total. The molecule has 28 heavy (non-hydrogen) atoms. The van der Waals surface area contributed by atoms with Gasteiger partial charge < -0.3 is 0 Å². The van der Waals surface area contributed by atoms with Crippen LogP contribution in [0.2, 0.25) is 0 Å². The maximum Gasteiger partial charge on any atom is 0.254 e. The van der Waals surface area contributed by atoms with E-state index < -0.39 is 0 Å². The average Bonchev–Trinajstić information content (AvgIpc) is 3.21. The molecule has 0 spiro atoms. The molecule has 2 amide bonds. The molecule has 152 valence electrons. The fourth-order valence-corrected chi connectivity index (χ4v) is 4.84. The molecule has 1 heterocycles. The van der Waals surface area contributed by atoms with E-state index in [-0.39, 0.29) is 17.9 Å². The highest BCUT2D eigenvalue weighted by molar-refractivity contribution is 6.13. The molecule has 0 unspecified atom stereocenters. The normalized spacial score (nSPS) is 21.0. The smallest absolute Gasteiger partial charge is 0.254 e. The molecule has 1 aromatic carbocycles. The fourth-order valence-electron chi connectivity index (χ4n) is 4.84. The van der Waals surface area contributed by atoms with Crippen LogP contribution in [-0.2, 0) is 28.9 Å². The summed E-state index contributed by atoms with van der Waals surface area (Å²) in [4.78, 5) is 26.6. The lowest BCUT2D eigenvalue weighted by molar-refractivity contribution is -0.140. The summed E-state index contributed by atoms with van der Waals surface area (Å²) in [5, 5.41) is 0. The molecule has 3 rings (SSSR count). The molecule has 2 aliphatic rings. The van der Waals surface area contributed by atoms with E-state index in [4.69, 9.17) is 0 Å². The van der Waals surface area contributed by atoms with Crippen LogP contribution in [-0.4, -0.2) is 16.7 Å². The second-order valence-corrected chi connectivity index (χ2v) is 8.46. The Morgan fingerprint density at radius 1 is 0.893 bits per heavy atom. The first-order valence-electron chi connectivity index (χ1n) is 11.3. The molecule has 0 N–H and O–H groups in total. The van der Waals surface area contributed by atoms with Gasteiger partial charge in [0.25, 0.3) is 11.8 Å². The van der Waals surface area contributed by atoms with E-state index in [2.05, 4.69) is 32.9 Å². The summed E-state index contributed by atoms with van der Waals surface area (Å²) in [5.41, 5.74) is 5.51. The number of rotatable bonds is 10. The summed E-state index contributed by atoms with van der Waals surface area (Å²) in [6.45, 7) is 6.67. The van der Waals surface area contributed by atoms with Crippen molar-refractivity contribution in [1.82, 2.24) is 4.90 Å². The van der Waals surface area contributed by atoms with Gasteiger partial charge in [-0.25, -0.2) is 0 Å². The lowest BCUT2D eigenvalue weighted by Crippen LogP contribution is -2.36. The van der Waals surface area contributed by atoms with E-state index in [0.717, 1.165) is 38.5 Å². The number of benzene rings is 1. The van der Waals surface area contributed by atoms with Crippen LogP contribution < -0.4 is 0 Å². The van der Waals surface area contributed by atoms with Crippen molar-refractivity contribution in [2.24, 2.45) is 5.92 Å². The van der Waals surface area contributed by atoms with Crippen LogP contribution in [0.4, 0.5) is 0 Å². The zero-order valence-corrected chi connectivity index (χ0v) is 17.8. The highest BCUT2D eigenvalue weighted by Gasteiger charge is 2.42. The Bertz CT molecular complexity index is 731. The van der Waals surface area contributed by atoms with Gasteiger partial charge in [0, 0.05) is 12.2 Å². The largest absolute Gasteiger partial charge is 0.269 e. The van der Waals surface area contributed by atoms with E-state index in [1.54, 1.807) is 4.90 Å². The Hall–Kier alpha value is -1.90. The monoisotopic (exact) mass is 381 g/mol. The van der Waals surface area contributed by atoms with E-state index in [1.807, 2.05) is 0 Å². The Morgan fingerprint density at radius 2 is 1.54 bits per heavy atom. The molecule has 0 bridgehead atoms. The predicted molar refractivity (Wildman–Crippen MR) is 114 cm³/mol. The highest BCUT2D eigenvalue weighted by Crippen LogP contribution is 2.46. The first-order valence-corrected chi connectivity index (χ1v) is 11.3. The maximum atomic E-state index is 12.5. The Kier molecular flexibility index (Phi) is 7.09. The summed E-state index contributed by atoms with van der Waals surface area (Å²) in [6.07, 6.45) is 14.2. The number of unbranched alkanes of at least 4 members (excludes halogenated alkanes) is 3. The van der Waals surface area contributed by atoms with Gasteiger partial charge in [0.15, 0.2) is 0 Å². The van der Waals surface area contributed by atoms with Crippen molar-refractivity contribution in [3.05, 3.63) is 46.5 Å². The number of carbonyl (C=O) groups is 2. The third kappa shape index (κ3) is 4.24. The second-order valence-electron chi connectivity index (χ2n) is 8.46. The zero-order chi connectivity index (χ0) is 20.1. The third-order valence-electron chi connectivity index (χ3n) is 6.34. The van der Waals surface area contributed by atoms with Gasteiger partial charge in [-0.1, -0.05) is 58.6 Å². The average molecular weight is 382 g/mol. The second kappa shape index (κ2) is 9.54. The van der Waals surface area contributed by atoms with E-state index in [9.17, 15) is 9.59 Å². The lowest BCUT2D eigenvalue weighted by Gasteiger charge is -2.29. The number of nitrogens with zero attached hydrogens (tertiary/aromatic N) is 1. The Morgan fingerprint density at radius 3 is 2.18 bits per heavy atom. The number of imide groups is 1. The topological polar surface area (TPSA) is 37.4 Å². The van der Waals surface area contributed by atoms with Crippen LogP contribution in [0.25, 0.3) is 0 Å². The molecule has 0 radical (unpaired) electrons. The van der Waals surface area contributed by atoms with Gasteiger partial charge in [0.05, 0.1) is 6.04 Å². The quantitative estimate of drug-likeness (QED) is 0.488. The van der Waals surface area contributed by atoms with Crippen molar-refractivity contribution in [3.63, 3.8) is 0 Å². The number of fused-ring (bicyclic) bond motifs is 1. The van der Waals surface area contributed by atoms with Crippen LogP contribution in [0.1, 0.15) is 94.0 Å². The van der Waals surface area contributed by atoms with Crippen LogP contribution in [0.5, 0.6) is 0 Å². The van der Waals surface area contributed by atoms with Gasteiger partial charge in [-0.3, -0.25) is 14.5 Å². The van der Waals surface area contributed by atoms with Crippen molar-refractivity contribution >= 4 is 11.8 Å². The highest BCUT2D eigenvalue weighted by atomic mass is 16.2. The summed E-state index contributed by atoms with van der Waals surface area (Å²) in [6, 6.07) is 4.64. The molecule has 0 saturated carbocycles. The lowest BCUT2D eigenvalue weighted by atomic mass is 9.92. The third-order valence-corrected chi connectivity index (χ3v) is 6.34. The number of carbonyl (C=O) groups excluding carboxylic acids is 2. The molecule has 0 saturated heterocycles. The van der Waals surface area contributed by atoms with Crippen molar-refractivity contribution in [2.75, 3.05) is 0 Å². The van der Waals surface area contributed by atoms with Gasteiger partial charge in [0.1, 0.15) is 0 Å². The number of hydrogen-bond donors (Lipinski definition) is 0. The summed E-state index contributed by atoms with van der Waals surface area (Å²) >= 11 is 0. The van der Waals surface area contributed by atoms with Crippen LogP contribution in [0.3, 0.4) is 0 Å². The number of aryl methyl sites for hydroxylation is 2. The van der Waals surface area contributed by atoms with Gasteiger partial charge in [-0.15, -0.1) is 0 Å². The molecule has 0 fully saturated rings. The maximum absolute atomic E-state index is 12.5. The van der Waals surface area contributed by atoms with E-state index >= 15 is 0 Å². The molecule has 1 aliphatic carbocycles. The van der Waals surface area contributed by atoms with Crippen LogP contribution >= 0.6 is 0 Å². The molecular formula is C25H35NO2. The predicted octanol–water partition coefficient (Wildman–Crippen LogP) is 5.70. The van der Waals surface area contributed by atoms with E-state index in [0.29, 0.717) is 5.92 Å². The Labute approximate surface area is 170 Å². The van der Waals surface area contributed by atoms with Crippen molar-refractivity contribution in [2.45, 2.75) is 91.0 Å². The van der Waals surface area contributed by atoms with E-state index in [1.165, 1.54) is 60.1 Å². The van der Waals surface area contributed by atoms with Gasteiger partial charge in [-0.2, -0.15) is 0 Å². The minimum absolute atomic E-state index is 0.0847. The number of amides is 2. The van der Waals surface area contributed by atoms with Crippen LogP contribution in [0, 0.1) is 5.92 Å². The zero-order valence-electron chi connectivity index (χ0n) is 17.8. The first-order chi connectivity index (χ1) is 13.6. The summed E-state index contributed by atoms with van der Waals surface area (Å²) < 4.78 is 0. The van der Waals surface area contributed by atoms with Gasteiger partial charge in [-0.05, 0) is 66.7 Å².